The number of rotatable bonds is 6. The van der Waals surface area contributed by atoms with Crippen LogP contribution in [0, 0.1) is 12.8 Å². The van der Waals surface area contributed by atoms with Crippen LogP contribution >= 0.6 is 0 Å². The Morgan fingerprint density at radius 1 is 1.16 bits per heavy atom. The Labute approximate surface area is 181 Å². The van der Waals surface area contributed by atoms with E-state index in [4.69, 9.17) is 0 Å². The van der Waals surface area contributed by atoms with E-state index in [1.165, 1.54) is 5.56 Å². The molecule has 2 aromatic heterocycles. The van der Waals surface area contributed by atoms with Crippen molar-refractivity contribution in [1.82, 2.24) is 24.8 Å². The van der Waals surface area contributed by atoms with Gasteiger partial charge in [0.15, 0.2) is 0 Å². The summed E-state index contributed by atoms with van der Waals surface area (Å²) in [5.41, 5.74) is 3.02. The minimum atomic E-state index is -0.265. The van der Waals surface area contributed by atoms with Gasteiger partial charge >= 0.3 is 6.03 Å². The number of carbonyl (C=O) groups excluding carboxylic acids is 1. The van der Waals surface area contributed by atoms with Gasteiger partial charge in [-0.2, -0.15) is 4.98 Å². The first-order valence-electron chi connectivity index (χ1n) is 10.7. The number of carbonyl (C=O) groups is 1. The molecule has 1 aliphatic heterocycles. The molecule has 1 saturated carbocycles. The standard InChI is InChI=1S/C23H27N7O/c1-15(2)18-12-25-22(31)30(18)20-8-11-24-21(27-20)28-23(9-10-23)19-13-29(14-26-19)17-6-4-16(3)5-7-17/h4-8,11,13-15,18H,9-10,12H2,1-3H3,(H,25,31)(H,24,27,28). The van der Waals surface area contributed by atoms with E-state index in [0.29, 0.717) is 24.2 Å². The second-order valence-corrected chi connectivity index (χ2v) is 8.81. The monoisotopic (exact) mass is 417 g/mol. The van der Waals surface area contributed by atoms with Gasteiger partial charge in [-0.1, -0.05) is 31.5 Å². The van der Waals surface area contributed by atoms with Crippen LogP contribution in [0.1, 0.15) is 37.9 Å². The topological polar surface area (TPSA) is 88.0 Å². The third-order valence-electron chi connectivity index (χ3n) is 6.18. The number of aromatic nitrogens is 4. The molecule has 31 heavy (non-hydrogen) atoms. The molecule has 160 valence electrons. The van der Waals surface area contributed by atoms with Gasteiger partial charge in [0, 0.05) is 24.6 Å². The largest absolute Gasteiger partial charge is 0.343 e. The molecule has 8 heteroatoms. The Morgan fingerprint density at radius 2 is 1.94 bits per heavy atom. The van der Waals surface area contributed by atoms with Gasteiger partial charge in [-0.15, -0.1) is 0 Å². The first kappa shape index (κ1) is 19.5. The number of hydrogen-bond acceptors (Lipinski definition) is 5. The fourth-order valence-electron chi connectivity index (χ4n) is 4.08. The van der Waals surface area contributed by atoms with Crippen LogP contribution in [0.25, 0.3) is 5.69 Å². The second-order valence-electron chi connectivity index (χ2n) is 8.81. The lowest BCUT2D eigenvalue weighted by molar-refractivity contribution is 0.251. The molecule has 3 aromatic rings. The third-order valence-corrected chi connectivity index (χ3v) is 6.18. The number of nitrogens with one attached hydrogen (secondary N) is 2. The SMILES string of the molecule is Cc1ccc(-n2cnc(C3(Nc4nccc(N5C(=O)NCC5C(C)C)n4)CC3)c2)cc1. The van der Waals surface area contributed by atoms with Crippen molar-refractivity contribution in [2.45, 2.75) is 45.2 Å². The van der Waals surface area contributed by atoms with Gasteiger partial charge in [0.25, 0.3) is 0 Å². The minimum absolute atomic E-state index is 0.0790. The van der Waals surface area contributed by atoms with Crippen molar-refractivity contribution in [3.05, 3.63) is 60.3 Å². The maximum Gasteiger partial charge on any atom is 0.323 e. The molecule has 1 unspecified atom stereocenters. The van der Waals surface area contributed by atoms with Gasteiger partial charge in [0.05, 0.1) is 23.6 Å². The highest BCUT2D eigenvalue weighted by molar-refractivity contribution is 5.94. The number of benzene rings is 1. The Hall–Kier alpha value is -3.42. The minimum Gasteiger partial charge on any atom is -0.343 e. The number of imidazole rings is 1. The zero-order valence-corrected chi connectivity index (χ0v) is 18.0. The summed E-state index contributed by atoms with van der Waals surface area (Å²) >= 11 is 0. The van der Waals surface area contributed by atoms with E-state index in [1.54, 1.807) is 17.2 Å². The van der Waals surface area contributed by atoms with Crippen LogP contribution in [0.15, 0.2) is 49.1 Å². The zero-order chi connectivity index (χ0) is 21.6. The molecule has 1 aromatic carbocycles. The quantitative estimate of drug-likeness (QED) is 0.640. The van der Waals surface area contributed by atoms with E-state index >= 15 is 0 Å². The van der Waals surface area contributed by atoms with Crippen molar-refractivity contribution in [2.24, 2.45) is 5.92 Å². The number of nitrogens with zero attached hydrogens (tertiary/aromatic N) is 5. The molecule has 2 fully saturated rings. The van der Waals surface area contributed by atoms with E-state index < -0.39 is 0 Å². The third kappa shape index (κ3) is 3.62. The molecule has 0 spiro atoms. The zero-order valence-electron chi connectivity index (χ0n) is 18.0. The molecule has 8 nitrogen and oxygen atoms in total. The van der Waals surface area contributed by atoms with Gasteiger partial charge in [0.1, 0.15) is 5.82 Å². The lowest BCUT2D eigenvalue weighted by Crippen LogP contribution is -2.38. The highest BCUT2D eigenvalue weighted by atomic mass is 16.2. The van der Waals surface area contributed by atoms with Gasteiger partial charge < -0.3 is 15.2 Å². The van der Waals surface area contributed by atoms with Crippen molar-refractivity contribution in [3.8, 4) is 5.69 Å². The molecule has 2 aliphatic rings. The molecule has 0 bridgehead atoms. The number of hydrogen-bond donors (Lipinski definition) is 2. The summed E-state index contributed by atoms with van der Waals surface area (Å²) in [5, 5.41) is 6.41. The first-order valence-corrected chi connectivity index (χ1v) is 10.7. The fraction of sp³-hybridized carbons (Fsp3) is 0.391. The maximum atomic E-state index is 12.4. The summed E-state index contributed by atoms with van der Waals surface area (Å²) in [7, 11) is 0. The number of anilines is 2. The van der Waals surface area contributed by atoms with E-state index in [-0.39, 0.29) is 17.6 Å². The van der Waals surface area contributed by atoms with Crippen LogP contribution in [0.4, 0.5) is 16.6 Å². The van der Waals surface area contributed by atoms with Crippen molar-refractivity contribution < 1.29 is 4.79 Å². The average molecular weight is 418 g/mol. The number of aryl methyl sites for hydroxylation is 1. The molecule has 3 heterocycles. The van der Waals surface area contributed by atoms with Crippen molar-refractivity contribution in [1.29, 1.82) is 0 Å². The van der Waals surface area contributed by atoms with E-state index in [9.17, 15) is 4.79 Å². The number of urea groups is 1. The molecule has 1 atom stereocenters. The second kappa shape index (κ2) is 7.37. The predicted molar refractivity (Wildman–Crippen MR) is 119 cm³/mol. The Balaban J connectivity index is 1.38. The van der Waals surface area contributed by atoms with Crippen LogP contribution in [0.5, 0.6) is 0 Å². The van der Waals surface area contributed by atoms with Gasteiger partial charge in [0.2, 0.25) is 5.95 Å². The normalized spacial score (nSPS) is 19.5. The highest BCUT2D eigenvalue weighted by Gasteiger charge is 2.47. The lowest BCUT2D eigenvalue weighted by atomic mass is 10.0. The van der Waals surface area contributed by atoms with Crippen LogP contribution in [-0.4, -0.2) is 38.1 Å². The Morgan fingerprint density at radius 3 is 2.65 bits per heavy atom. The molecular weight excluding hydrogens is 390 g/mol. The van der Waals surface area contributed by atoms with Crippen molar-refractivity contribution in [3.63, 3.8) is 0 Å². The molecule has 2 N–H and O–H groups in total. The average Bonchev–Trinajstić information content (AvgIpc) is 3.18. The summed E-state index contributed by atoms with van der Waals surface area (Å²) < 4.78 is 2.04. The molecule has 1 aliphatic carbocycles. The van der Waals surface area contributed by atoms with Gasteiger partial charge in [-0.05, 0) is 43.9 Å². The van der Waals surface area contributed by atoms with Gasteiger partial charge in [-0.3, -0.25) is 4.90 Å². The van der Waals surface area contributed by atoms with Crippen LogP contribution in [0.2, 0.25) is 0 Å². The van der Waals surface area contributed by atoms with Crippen molar-refractivity contribution in [2.75, 3.05) is 16.8 Å². The van der Waals surface area contributed by atoms with E-state index in [0.717, 1.165) is 24.2 Å². The van der Waals surface area contributed by atoms with Crippen LogP contribution in [-0.2, 0) is 5.54 Å². The van der Waals surface area contributed by atoms with Crippen molar-refractivity contribution >= 4 is 17.8 Å². The molecule has 2 amide bonds. The first-order chi connectivity index (χ1) is 14.9. The van der Waals surface area contributed by atoms with Crippen LogP contribution in [0.3, 0.4) is 0 Å². The molecule has 1 saturated heterocycles. The predicted octanol–water partition coefficient (Wildman–Crippen LogP) is 3.63. The molecule has 5 rings (SSSR count). The van der Waals surface area contributed by atoms with Crippen LogP contribution < -0.4 is 15.5 Å². The lowest BCUT2D eigenvalue weighted by Gasteiger charge is -2.25. The summed E-state index contributed by atoms with van der Waals surface area (Å²) in [6.07, 6.45) is 7.54. The number of amides is 2. The Kier molecular flexibility index (Phi) is 4.64. The van der Waals surface area contributed by atoms with E-state index in [2.05, 4.69) is 76.8 Å². The van der Waals surface area contributed by atoms with Gasteiger partial charge in [-0.25, -0.2) is 14.8 Å². The smallest absolute Gasteiger partial charge is 0.323 e. The maximum absolute atomic E-state index is 12.4. The summed E-state index contributed by atoms with van der Waals surface area (Å²) in [4.78, 5) is 27.9. The molecular formula is C23H27N7O. The Bertz CT molecular complexity index is 1100. The molecule has 0 radical (unpaired) electrons. The summed E-state index contributed by atoms with van der Waals surface area (Å²) in [6.45, 7) is 6.93. The summed E-state index contributed by atoms with van der Waals surface area (Å²) in [6, 6.07) is 10.1. The van der Waals surface area contributed by atoms with E-state index in [1.807, 2.05) is 10.9 Å². The fourth-order valence-corrected chi connectivity index (χ4v) is 4.08. The summed E-state index contributed by atoms with van der Waals surface area (Å²) in [5.74, 6) is 1.46. The highest BCUT2D eigenvalue weighted by Crippen LogP contribution is 2.47.